The predicted molar refractivity (Wildman–Crippen MR) is 97.8 cm³/mol. The molecule has 0 unspecified atom stereocenters. The molecule has 0 aliphatic rings. The average molecular weight is 422 g/mol. The van der Waals surface area contributed by atoms with Crippen LogP contribution in [0.25, 0.3) is 17.2 Å². The fraction of sp³-hybridized carbons (Fsp3) is 0.0588. The van der Waals surface area contributed by atoms with Gasteiger partial charge < -0.3 is 19.4 Å². The number of phenolic OH excluding ortho intramolecular Hbond substituents is 1. The number of aromatic hydroxyl groups is 1. The van der Waals surface area contributed by atoms with Crippen LogP contribution in [0.2, 0.25) is 0 Å². The molecule has 0 saturated heterocycles. The molecule has 0 fully saturated rings. The number of rotatable bonds is 5. The maximum absolute atomic E-state index is 11.6. The van der Waals surface area contributed by atoms with Crippen molar-refractivity contribution < 1.29 is 24.2 Å². The van der Waals surface area contributed by atoms with Crippen LogP contribution in [0.3, 0.4) is 0 Å². The Labute approximate surface area is 155 Å². The van der Waals surface area contributed by atoms with Crippen LogP contribution in [0.4, 0.5) is 0 Å². The Kier molecular flexibility index (Phi) is 5.00. The Morgan fingerprint density at radius 3 is 2.80 bits per heavy atom. The first-order valence-corrected chi connectivity index (χ1v) is 8.64. The lowest BCUT2D eigenvalue weighted by Crippen LogP contribution is -1.97. The van der Waals surface area contributed by atoms with Gasteiger partial charge in [0, 0.05) is 0 Å². The molecule has 0 bridgehead atoms. The lowest BCUT2D eigenvalue weighted by molar-refractivity contribution is -0.131. The first-order chi connectivity index (χ1) is 12.0. The number of carbonyl (C=O) groups is 1. The monoisotopic (exact) mass is 421 g/mol. The van der Waals surface area contributed by atoms with Gasteiger partial charge in [0.25, 0.3) is 5.22 Å². The summed E-state index contributed by atoms with van der Waals surface area (Å²) in [4.78, 5) is 15.9. The Morgan fingerprint density at radius 2 is 2.12 bits per heavy atom. The highest BCUT2D eigenvalue weighted by Gasteiger charge is 2.16. The van der Waals surface area contributed by atoms with Crippen molar-refractivity contribution in [2.24, 2.45) is 0 Å². The number of carboxylic acid groups (broad SMARTS) is 1. The number of halogens is 1. The summed E-state index contributed by atoms with van der Waals surface area (Å²) >= 11 is 4.12. The van der Waals surface area contributed by atoms with Crippen LogP contribution in [0.15, 0.2) is 55.4 Å². The first kappa shape index (κ1) is 17.4. The van der Waals surface area contributed by atoms with Crippen LogP contribution in [-0.2, 0) is 4.79 Å². The van der Waals surface area contributed by atoms with Crippen LogP contribution in [-0.4, -0.2) is 28.3 Å². The number of thioether (sulfide) groups is 1. The largest absolute Gasteiger partial charge is 0.503 e. The minimum absolute atomic E-state index is 0.0196. The van der Waals surface area contributed by atoms with E-state index in [2.05, 4.69) is 20.9 Å². The first-order valence-electron chi connectivity index (χ1n) is 7.03. The molecule has 0 saturated carbocycles. The topological polar surface area (TPSA) is 92.8 Å². The summed E-state index contributed by atoms with van der Waals surface area (Å²) in [6, 6.07) is 10.3. The maximum atomic E-state index is 11.6. The summed E-state index contributed by atoms with van der Waals surface area (Å²) < 4.78 is 11.0. The number of ether oxygens (including phenoxy) is 1. The second kappa shape index (κ2) is 7.20. The summed E-state index contributed by atoms with van der Waals surface area (Å²) in [5, 5.41) is 19.5. The van der Waals surface area contributed by atoms with Crippen LogP contribution >= 0.6 is 27.7 Å². The van der Waals surface area contributed by atoms with Gasteiger partial charge in [0.1, 0.15) is 10.4 Å². The summed E-state index contributed by atoms with van der Waals surface area (Å²) in [5.41, 5.74) is 1.79. The fourth-order valence-corrected chi connectivity index (χ4v) is 3.31. The van der Waals surface area contributed by atoms with Crippen molar-refractivity contribution >= 4 is 50.8 Å². The molecule has 0 aliphatic heterocycles. The van der Waals surface area contributed by atoms with E-state index in [1.54, 1.807) is 18.2 Å². The van der Waals surface area contributed by atoms with E-state index in [9.17, 15) is 15.0 Å². The molecule has 0 radical (unpaired) electrons. The normalized spacial score (nSPS) is 11.7. The molecule has 2 aromatic carbocycles. The lowest BCUT2D eigenvalue weighted by atomic mass is 10.2. The second-order valence-electron chi connectivity index (χ2n) is 4.92. The minimum Gasteiger partial charge on any atom is -0.503 e. The highest BCUT2D eigenvalue weighted by Crippen LogP contribution is 2.37. The van der Waals surface area contributed by atoms with Crippen LogP contribution in [0.5, 0.6) is 11.5 Å². The SMILES string of the molecule is COc1cc(/C=C(\Sc2nc3ccccc3o2)C(=O)O)cc(Br)c1O. The molecular formula is C17H12BrNO5S. The van der Waals surface area contributed by atoms with Gasteiger partial charge >= 0.3 is 5.97 Å². The third-order valence-electron chi connectivity index (χ3n) is 3.25. The highest BCUT2D eigenvalue weighted by molar-refractivity contribution is 9.10. The fourth-order valence-electron chi connectivity index (χ4n) is 2.11. The molecule has 8 heteroatoms. The maximum Gasteiger partial charge on any atom is 0.342 e. The van der Waals surface area contributed by atoms with Gasteiger partial charge in [-0.05, 0) is 63.6 Å². The molecule has 3 aromatic rings. The molecule has 0 amide bonds. The van der Waals surface area contributed by atoms with Crippen molar-refractivity contribution in [2.75, 3.05) is 7.11 Å². The van der Waals surface area contributed by atoms with E-state index in [4.69, 9.17) is 9.15 Å². The minimum atomic E-state index is -1.12. The number of aromatic nitrogens is 1. The average Bonchev–Trinajstić information content (AvgIpc) is 2.99. The molecule has 1 aromatic heterocycles. The van der Waals surface area contributed by atoms with Crippen molar-refractivity contribution in [3.8, 4) is 11.5 Å². The lowest BCUT2D eigenvalue weighted by Gasteiger charge is -2.07. The number of methoxy groups -OCH3 is 1. The molecule has 25 heavy (non-hydrogen) atoms. The smallest absolute Gasteiger partial charge is 0.342 e. The van der Waals surface area contributed by atoms with Crippen molar-refractivity contribution in [1.82, 2.24) is 4.98 Å². The highest BCUT2D eigenvalue weighted by atomic mass is 79.9. The molecule has 2 N–H and O–H groups in total. The number of para-hydroxylation sites is 2. The second-order valence-corrected chi connectivity index (χ2v) is 6.76. The number of carboxylic acids is 1. The van der Waals surface area contributed by atoms with Gasteiger partial charge in [0.2, 0.25) is 0 Å². The Hall–Kier alpha value is -2.45. The number of hydrogen-bond donors (Lipinski definition) is 2. The quantitative estimate of drug-likeness (QED) is 0.461. The molecule has 1 heterocycles. The van der Waals surface area contributed by atoms with E-state index in [-0.39, 0.29) is 21.6 Å². The van der Waals surface area contributed by atoms with Gasteiger partial charge in [-0.3, -0.25) is 0 Å². The van der Waals surface area contributed by atoms with E-state index < -0.39 is 5.97 Å². The number of nitrogens with zero attached hydrogens (tertiary/aromatic N) is 1. The number of phenols is 1. The van der Waals surface area contributed by atoms with Crippen molar-refractivity contribution in [2.45, 2.75) is 5.22 Å². The zero-order chi connectivity index (χ0) is 18.0. The molecule has 6 nitrogen and oxygen atoms in total. The molecule has 128 valence electrons. The zero-order valence-electron chi connectivity index (χ0n) is 12.9. The number of hydrogen-bond acceptors (Lipinski definition) is 6. The zero-order valence-corrected chi connectivity index (χ0v) is 15.3. The standard InChI is InChI=1S/C17H12BrNO5S/c1-23-13-7-9(6-10(18)15(13)20)8-14(16(21)22)25-17-19-11-4-2-3-5-12(11)24-17/h2-8,20H,1H3,(H,21,22)/b14-8-. The summed E-state index contributed by atoms with van der Waals surface area (Å²) in [6.07, 6.45) is 1.45. The van der Waals surface area contributed by atoms with Crippen LogP contribution in [0, 0.1) is 0 Å². The van der Waals surface area contributed by atoms with Gasteiger partial charge in [-0.2, -0.15) is 0 Å². The molecule has 0 atom stereocenters. The van der Waals surface area contributed by atoms with E-state index in [0.717, 1.165) is 11.8 Å². The van der Waals surface area contributed by atoms with Crippen molar-refractivity contribution in [1.29, 1.82) is 0 Å². The van der Waals surface area contributed by atoms with Gasteiger partial charge in [-0.1, -0.05) is 12.1 Å². The van der Waals surface area contributed by atoms with Gasteiger partial charge in [0.15, 0.2) is 17.1 Å². The molecule has 0 spiro atoms. The Bertz CT molecular complexity index is 949. The third-order valence-corrected chi connectivity index (χ3v) is 4.72. The van der Waals surface area contributed by atoms with E-state index in [1.165, 1.54) is 19.3 Å². The number of benzene rings is 2. The van der Waals surface area contributed by atoms with E-state index in [0.29, 0.717) is 21.1 Å². The number of oxazole rings is 1. The van der Waals surface area contributed by atoms with E-state index >= 15 is 0 Å². The molecular weight excluding hydrogens is 410 g/mol. The summed E-state index contributed by atoms with van der Waals surface area (Å²) in [6.45, 7) is 0. The van der Waals surface area contributed by atoms with Crippen LogP contribution in [0.1, 0.15) is 5.56 Å². The Morgan fingerprint density at radius 1 is 1.36 bits per heavy atom. The van der Waals surface area contributed by atoms with Gasteiger partial charge in [-0.25, -0.2) is 9.78 Å². The van der Waals surface area contributed by atoms with Gasteiger partial charge in [0.05, 0.1) is 11.6 Å². The van der Waals surface area contributed by atoms with Crippen LogP contribution < -0.4 is 4.74 Å². The number of fused-ring (bicyclic) bond motifs is 1. The summed E-state index contributed by atoms with van der Waals surface area (Å²) in [5.74, 6) is -0.934. The van der Waals surface area contributed by atoms with Crippen molar-refractivity contribution in [3.05, 3.63) is 51.3 Å². The van der Waals surface area contributed by atoms with Crippen molar-refractivity contribution in [3.63, 3.8) is 0 Å². The summed E-state index contributed by atoms with van der Waals surface area (Å²) in [7, 11) is 1.42. The Balaban J connectivity index is 1.97. The van der Waals surface area contributed by atoms with Gasteiger partial charge in [-0.15, -0.1) is 0 Å². The predicted octanol–water partition coefficient (Wildman–Crippen LogP) is 4.52. The van der Waals surface area contributed by atoms with E-state index in [1.807, 2.05) is 12.1 Å². The third kappa shape index (κ3) is 3.80. The number of aliphatic carboxylic acids is 1. The molecule has 3 rings (SSSR count). The molecule has 0 aliphatic carbocycles.